The van der Waals surface area contributed by atoms with Crippen LogP contribution in [0.3, 0.4) is 0 Å². The number of benzene rings is 2. The number of imide groups is 2. The summed E-state index contributed by atoms with van der Waals surface area (Å²) >= 11 is 3.28. The van der Waals surface area contributed by atoms with Gasteiger partial charge in [-0.1, -0.05) is 34.1 Å². The molecule has 1 heterocycles. The van der Waals surface area contributed by atoms with E-state index in [9.17, 15) is 19.2 Å². The standard InChI is InChI=1S/C19H13BrN2O5/c1-11(23)27-16-5-3-2-4-12(16)10-15-17(24)21-19(26)22(18(15)25)14-8-6-13(20)7-9-14/h2-10H,1H3,(H,21,24,26)/b15-10-. The zero-order chi connectivity index (χ0) is 19.6. The van der Waals surface area contributed by atoms with Crippen LogP contribution in [0.1, 0.15) is 12.5 Å². The molecule has 0 aromatic heterocycles. The molecule has 0 aliphatic carbocycles. The van der Waals surface area contributed by atoms with Crippen molar-refractivity contribution in [3.8, 4) is 5.75 Å². The molecule has 7 nitrogen and oxygen atoms in total. The average Bonchev–Trinajstić information content (AvgIpc) is 2.61. The second-order valence-electron chi connectivity index (χ2n) is 5.57. The number of esters is 1. The topological polar surface area (TPSA) is 92.8 Å². The van der Waals surface area contributed by atoms with Crippen LogP contribution in [0.2, 0.25) is 0 Å². The van der Waals surface area contributed by atoms with Gasteiger partial charge < -0.3 is 4.74 Å². The lowest BCUT2D eigenvalue weighted by molar-refractivity contribution is -0.132. The molecule has 0 bridgehead atoms. The van der Waals surface area contributed by atoms with Gasteiger partial charge in [0.2, 0.25) is 0 Å². The van der Waals surface area contributed by atoms with Crippen molar-refractivity contribution in [3.05, 3.63) is 64.1 Å². The molecule has 1 saturated heterocycles. The molecule has 8 heteroatoms. The van der Waals surface area contributed by atoms with Crippen molar-refractivity contribution in [3.63, 3.8) is 0 Å². The van der Waals surface area contributed by atoms with Crippen LogP contribution in [0.4, 0.5) is 10.5 Å². The maximum absolute atomic E-state index is 12.8. The predicted octanol–water partition coefficient (Wildman–Crippen LogP) is 3.04. The number of carbonyl (C=O) groups excluding carboxylic acids is 4. The van der Waals surface area contributed by atoms with Crippen LogP contribution in [-0.2, 0) is 14.4 Å². The Morgan fingerprint density at radius 3 is 2.41 bits per heavy atom. The third-order valence-electron chi connectivity index (χ3n) is 3.66. The Morgan fingerprint density at radius 2 is 1.74 bits per heavy atom. The van der Waals surface area contributed by atoms with Gasteiger partial charge in [-0.15, -0.1) is 0 Å². The van der Waals surface area contributed by atoms with E-state index in [0.29, 0.717) is 11.3 Å². The Kier molecular flexibility index (Phi) is 5.18. The highest BCUT2D eigenvalue weighted by molar-refractivity contribution is 9.10. The highest BCUT2D eigenvalue weighted by Gasteiger charge is 2.36. The summed E-state index contributed by atoms with van der Waals surface area (Å²) in [7, 11) is 0. The van der Waals surface area contributed by atoms with Crippen LogP contribution >= 0.6 is 15.9 Å². The number of amides is 4. The van der Waals surface area contributed by atoms with E-state index in [4.69, 9.17) is 4.74 Å². The smallest absolute Gasteiger partial charge is 0.335 e. The Hall–Kier alpha value is -3.26. The van der Waals surface area contributed by atoms with Crippen molar-refractivity contribution in [1.29, 1.82) is 0 Å². The molecule has 1 fully saturated rings. The van der Waals surface area contributed by atoms with Crippen molar-refractivity contribution in [2.75, 3.05) is 4.90 Å². The fraction of sp³-hybridized carbons (Fsp3) is 0.0526. The van der Waals surface area contributed by atoms with Crippen molar-refractivity contribution in [2.24, 2.45) is 0 Å². The minimum absolute atomic E-state index is 0.199. The Labute approximate surface area is 162 Å². The van der Waals surface area contributed by atoms with Gasteiger partial charge in [0.15, 0.2) is 0 Å². The lowest BCUT2D eigenvalue weighted by atomic mass is 10.1. The van der Waals surface area contributed by atoms with E-state index in [-0.39, 0.29) is 11.3 Å². The van der Waals surface area contributed by atoms with Crippen molar-refractivity contribution >= 4 is 51.5 Å². The Balaban J connectivity index is 2.02. The molecule has 0 unspecified atom stereocenters. The number of barbiturate groups is 1. The summed E-state index contributed by atoms with van der Waals surface area (Å²) in [5.74, 6) is -1.93. The number of nitrogens with one attached hydrogen (secondary N) is 1. The highest BCUT2D eigenvalue weighted by Crippen LogP contribution is 2.26. The number of hydrogen-bond donors (Lipinski definition) is 1. The molecule has 2 aromatic rings. The highest BCUT2D eigenvalue weighted by atomic mass is 79.9. The number of hydrogen-bond acceptors (Lipinski definition) is 5. The summed E-state index contributed by atoms with van der Waals surface area (Å²) in [6, 6.07) is 12.1. The molecule has 1 N–H and O–H groups in total. The van der Waals surface area contributed by atoms with E-state index in [1.807, 2.05) is 0 Å². The van der Waals surface area contributed by atoms with Crippen molar-refractivity contribution < 1.29 is 23.9 Å². The number of ether oxygens (including phenoxy) is 1. The minimum Gasteiger partial charge on any atom is -0.426 e. The fourth-order valence-electron chi connectivity index (χ4n) is 2.49. The van der Waals surface area contributed by atoms with E-state index < -0.39 is 23.8 Å². The first-order valence-corrected chi connectivity index (χ1v) is 8.60. The lowest BCUT2D eigenvalue weighted by Crippen LogP contribution is -2.54. The molecule has 27 heavy (non-hydrogen) atoms. The number of rotatable bonds is 3. The Bertz CT molecular complexity index is 982. The number of nitrogens with zero attached hydrogens (tertiary/aromatic N) is 1. The van der Waals surface area contributed by atoms with Gasteiger partial charge in [-0.05, 0) is 36.4 Å². The van der Waals surface area contributed by atoms with E-state index >= 15 is 0 Å². The Morgan fingerprint density at radius 1 is 1.07 bits per heavy atom. The largest absolute Gasteiger partial charge is 0.426 e. The van der Waals surface area contributed by atoms with Gasteiger partial charge in [-0.3, -0.25) is 19.7 Å². The summed E-state index contributed by atoms with van der Waals surface area (Å²) in [5, 5.41) is 2.14. The molecular formula is C19H13BrN2O5. The zero-order valence-corrected chi connectivity index (χ0v) is 15.6. The number of anilines is 1. The zero-order valence-electron chi connectivity index (χ0n) is 14.1. The normalized spacial score (nSPS) is 15.7. The van der Waals surface area contributed by atoms with Crippen LogP contribution in [0.5, 0.6) is 5.75 Å². The molecule has 2 aromatic carbocycles. The molecule has 0 saturated carbocycles. The van der Waals surface area contributed by atoms with Gasteiger partial charge in [-0.2, -0.15) is 0 Å². The molecule has 3 rings (SSSR count). The van der Waals surface area contributed by atoms with Gasteiger partial charge in [0, 0.05) is 17.0 Å². The van der Waals surface area contributed by atoms with Crippen molar-refractivity contribution in [2.45, 2.75) is 6.92 Å². The summed E-state index contributed by atoms with van der Waals surface area (Å²) in [6.07, 6.45) is 1.29. The molecule has 0 radical (unpaired) electrons. The van der Waals surface area contributed by atoms with Crippen LogP contribution < -0.4 is 15.0 Å². The van der Waals surface area contributed by atoms with Crippen LogP contribution in [-0.4, -0.2) is 23.8 Å². The van der Waals surface area contributed by atoms with E-state index in [2.05, 4.69) is 21.2 Å². The predicted molar refractivity (Wildman–Crippen MR) is 101 cm³/mol. The molecule has 4 amide bonds. The monoisotopic (exact) mass is 428 g/mol. The lowest BCUT2D eigenvalue weighted by Gasteiger charge is -2.26. The SMILES string of the molecule is CC(=O)Oc1ccccc1/C=C1/C(=O)NC(=O)N(c2ccc(Br)cc2)C1=O. The fourth-order valence-corrected chi connectivity index (χ4v) is 2.75. The first-order valence-electron chi connectivity index (χ1n) is 7.81. The van der Waals surface area contributed by atoms with Crippen LogP contribution in [0, 0.1) is 0 Å². The van der Waals surface area contributed by atoms with Crippen LogP contribution in [0.25, 0.3) is 6.08 Å². The van der Waals surface area contributed by atoms with Gasteiger partial charge >= 0.3 is 12.0 Å². The first kappa shape index (κ1) is 18.5. The maximum atomic E-state index is 12.8. The number of urea groups is 1. The van der Waals surface area contributed by atoms with E-state index in [1.165, 1.54) is 19.1 Å². The molecule has 1 aliphatic heterocycles. The quantitative estimate of drug-likeness (QED) is 0.351. The van der Waals surface area contributed by atoms with E-state index in [1.54, 1.807) is 42.5 Å². The summed E-state index contributed by atoms with van der Waals surface area (Å²) in [6.45, 7) is 1.25. The third-order valence-corrected chi connectivity index (χ3v) is 4.19. The molecular weight excluding hydrogens is 416 g/mol. The third kappa shape index (κ3) is 3.95. The summed E-state index contributed by atoms with van der Waals surface area (Å²) in [4.78, 5) is 49.3. The molecule has 0 atom stereocenters. The maximum Gasteiger partial charge on any atom is 0.335 e. The second-order valence-corrected chi connectivity index (χ2v) is 6.48. The summed E-state index contributed by atoms with van der Waals surface area (Å²) < 4.78 is 5.87. The molecule has 1 aliphatic rings. The molecule has 0 spiro atoms. The molecule has 136 valence electrons. The van der Waals surface area contributed by atoms with Gasteiger partial charge in [0.05, 0.1) is 5.69 Å². The minimum atomic E-state index is -0.835. The van der Waals surface area contributed by atoms with Gasteiger partial charge in [-0.25, -0.2) is 9.69 Å². The average molecular weight is 429 g/mol. The number of carbonyl (C=O) groups is 4. The van der Waals surface area contributed by atoms with Crippen molar-refractivity contribution in [1.82, 2.24) is 5.32 Å². The van der Waals surface area contributed by atoms with E-state index in [0.717, 1.165) is 9.37 Å². The second kappa shape index (κ2) is 7.55. The van der Waals surface area contributed by atoms with Gasteiger partial charge in [0.25, 0.3) is 11.8 Å². The van der Waals surface area contributed by atoms with Crippen LogP contribution in [0.15, 0.2) is 58.6 Å². The number of para-hydroxylation sites is 1. The summed E-state index contributed by atoms with van der Waals surface area (Å²) in [5.41, 5.74) is 0.417. The first-order chi connectivity index (χ1) is 12.9. The number of halogens is 1. The van der Waals surface area contributed by atoms with Gasteiger partial charge in [0.1, 0.15) is 11.3 Å².